The highest BCUT2D eigenvalue weighted by Gasteiger charge is 2.43. The Kier molecular flexibility index (Phi) is 6.47. The zero-order chi connectivity index (χ0) is 21.9. The Labute approximate surface area is 190 Å². The molecule has 0 aromatic heterocycles. The molecule has 5 rings (SSSR count). The third kappa shape index (κ3) is 4.69. The predicted molar refractivity (Wildman–Crippen MR) is 125 cm³/mol. The summed E-state index contributed by atoms with van der Waals surface area (Å²) >= 11 is 0. The van der Waals surface area contributed by atoms with Crippen LogP contribution in [-0.2, 0) is 13.0 Å². The summed E-state index contributed by atoms with van der Waals surface area (Å²) in [6, 6.07) is 15.0. The van der Waals surface area contributed by atoms with Crippen molar-refractivity contribution in [1.29, 1.82) is 0 Å². The molecule has 1 amide bonds. The number of aliphatic hydroxyl groups excluding tert-OH is 1. The van der Waals surface area contributed by atoms with E-state index in [1.165, 1.54) is 11.1 Å². The molecular weight excluding hydrogens is 400 g/mol. The zero-order valence-electron chi connectivity index (χ0n) is 18.8. The Hall–Kier alpha value is -2.37. The summed E-state index contributed by atoms with van der Waals surface area (Å²) in [7, 11) is 0. The van der Waals surface area contributed by atoms with E-state index in [0.717, 1.165) is 68.5 Å². The van der Waals surface area contributed by atoms with Gasteiger partial charge in [-0.15, -0.1) is 0 Å². The molecule has 3 heterocycles. The van der Waals surface area contributed by atoms with Crippen molar-refractivity contribution in [2.45, 2.75) is 76.1 Å². The van der Waals surface area contributed by atoms with Gasteiger partial charge in [0.05, 0.1) is 12.7 Å². The lowest BCUT2D eigenvalue weighted by molar-refractivity contribution is 0.0287. The van der Waals surface area contributed by atoms with Crippen molar-refractivity contribution in [3.05, 3.63) is 64.7 Å². The fourth-order valence-corrected chi connectivity index (χ4v) is 5.63. The van der Waals surface area contributed by atoms with Crippen LogP contribution < -0.4 is 10.1 Å². The van der Waals surface area contributed by atoms with E-state index in [0.29, 0.717) is 19.4 Å². The van der Waals surface area contributed by atoms with Gasteiger partial charge in [0.1, 0.15) is 5.75 Å². The topological polar surface area (TPSA) is 61.8 Å². The van der Waals surface area contributed by atoms with Crippen molar-refractivity contribution < 1.29 is 14.6 Å². The van der Waals surface area contributed by atoms with E-state index in [4.69, 9.17) is 4.74 Å². The summed E-state index contributed by atoms with van der Waals surface area (Å²) in [4.78, 5) is 15.5. The largest absolute Gasteiger partial charge is 0.493 e. The van der Waals surface area contributed by atoms with Gasteiger partial charge in [-0.3, -0.25) is 4.79 Å². The number of benzene rings is 2. The molecule has 2 aromatic rings. The Morgan fingerprint density at radius 3 is 2.66 bits per heavy atom. The second kappa shape index (κ2) is 9.63. The van der Waals surface area contributed by atoms with Crippen LogP contribution in [0.25, 0.3) is 0 Å². The van der Waals surface area contributed by atoms with E-state index in [2.05, 4.69) is 29.6 Å². The van der Waals surface area contributed by atoms with Gasteiger partial charge in [0, 0.05) is 30.6 Å². The Bertz CT molecular complexity index is 946. The maximum atomic E-state index is 13.5. The number of carbonyl (C=O) groups is 1. The molecule has 170 valence electrons. The maximum absolute atomic E-state index is 13.5. The monoisotopic (exact) mass is 434 g/mol. The van der Waals surface area contributed by atoms with Crippen LogP contribution in [0.5, 0.6) is 5.75 Å². The second-order valence-electron chi connectivity index (χ2n) is 9.63. The van der Waals surface area contributed by atoms with Crippen LogP contribution in [0.1, 0.15) is 72.0 Å². The first-order valence-electron chi connectivity index (χ1n) is 12.2. The molecule has 2 saturated heterocycles. The van der Waals surface area contributed by atoms with Gasteiger partial charge < -0.3 is 20.1 Å². The standard InChI is InChI=1S/C27H34N2O3/c30-25-16-23-8-9-24(17-25)29(23)27(31)21-7-10-26-22(15-21)14-19-5-4-6-20(13-19)18-28-11-2-1-3-12-32-26/h4-7,10,13,15,23-25,28,30H,1-3,8-9,11-12,14,16-18H2. The number of fused-ring (bicyclic) bond motifs is 5. The van der Waals surface area contributed by atoms with Gasteiger partial charge in [-0.1, -0.05) is 24.3 Å². The minimum atomic E-state index is -0.267. The van der Waals surface area contributed by atoms with Crippen molar-refractivity contribution in [1.82, 2.24) is 10.2 Å². The van der Waals surface area contributed by atoms with Gasteiger partial charge in [0.25, 0.3) is 5.91 Å². The number of rotatable bonds is 1. The minimum absolute atomic E-state index is 0.101. The fourth-order valence-electron chi connectivity index (χ4n) is 5.63. The lowest BCUT2D eigenvalue weighted by Gasteiger charge is -2.37. The number of hydrogen-bond donors (Lipinski definition) is 2. The van der Waals surface area contributed by atoms with E-state index in [1.54, 1.807) is 0 Å². The first kappa shape index (κ1) is 21.5. The molecule has 0 spiro atoms. The van der Waals surface area contributed by atoms with Crippen LogP contribution in [0.2, 0.25) is 0 Å². The lowest BCUT2D eigenvalue weighted by Crippen LogP contribution is -2.48. The van der Waals surface area contributed by atoms with Crippen LogP contribution in [0.3, 0.4) is 0 Å². The van der Waals surface area contributed by atoms with Crippen molar-refractivity contribution in [2.75, 3.05) is 13.2 Å². The molecule has 5 heteroatoms. The van der Waals surface area contributed by atoms with E-state index in [1.807, 2.05) is 23.1 Å². The molecule has 2 N–H and O–H groups in total. The Morgan fingerprint density at radius 2 is 1.81 bits per heavy atom. The lowest BCUT2D eigenvalue weighted by atomic mass is 9.96. The van der Waals surface area contributed by atoms with Crippen molar-refractivity contribution in [3.63, 3.8) is 0 Å². The molecule has 3 aliphatic rings. The molecule has 3 aliphatic heterocycles. The van der Waals surface area contributed by atoms with Gasteiger partial charge in [-0.05, 0) is 86.4 Å². The molecule has 5 nitrogen and oxygen atoms in total. The number of amides is 1. The molecule has 2 atom stereocenters. The molecule has 0 radical (unpaired) electrons. The number of nitrogens with one attached hydrogen (secondary N) is 1. The summed E-state index contributed by atoms with van der Waals surface area (Å²) < 4.78 is 6.17. The first-order chi connectivity index (χ1) is 15.7. The number of piperidine rings is 1. The summed E-state index contributed by atoms with van der Waals surface area (Å²) in [5.41, 5.74) is 4.33. The smallest absolute Gasteiger partial charge is 0.254 e. The van der Waals surface area contributed by atoms with Crippen molar-refractivity contribution >= 4 is 5.91 Å². The van der Waals surface area contributed by atoms with Crippen molar-refractivity contribution in [3.8, 4) is 5.75 Å². The SMILES string of the molecule is O=C(c1ccc2c(c1)Cc1cccc(c1)CNCCCCCO2)N1C2CCC1CC(O)C2. The van der Waals surface area contributed by atoms with Gasteiger partial charge in [0.2, 0.25) is 0 Å². The highest BCUT2D eigenvalue weighted by molar-refractivity contribution is 5.95. The third-order valence-corrected chi connectivity index (χ3v) is 7.22. The number of aliphatic hydroxyl groups is 1. The molecular formula is C27H34N2O3. The summed E-state index contributed by atoms with van der Waals surface area (Å²) in [5.74, 6) is 0.990. The summed E-state index contributed by atoms with van der Waals surface area (Å²) in [6.07, 6.45) is 7.22. The van der Waals surface area contributed by atoms with Crippen LogP contribution >= 0.6 is 0 Å². The molecule has 2 aromatic carbocycles. The minimum Gasteiger partial charge on any atom is -0.493 e. The third-order valence-electron chi connectivity index (χ3n) is 7.22. The van der Waals surface area contributed by atoms with Gasteiger partial charge in [-0.2, -0.15) is 0 Å². The van der Waals surface area contributed by atoms with E-state index in [-0.39, 0.29) is 24.1 Å². The molecule has 2 unspecified atom stereocenters. The number of hydrogen-bond acceptors (Lipinski definition) is 4. The molecule has 0 aliphatic carbocycles. The van der Waals surface area contributed by atoms with E-state index >= 15 is 0 Å². The van der Waals surface area contributed by atoms with Crippen LogP contribution in [-0.4, -0.2) is 47.3 Å². The quantitative estimate of drug-likeness (QED) is 0.711. The number of nitrogens with zero attached hydrogens (tertiary/aromatic N) is 1. The van der Waals surface area contributed by atoms with Crippen LogP contribution in [0, 0.1) is 0 Å². The van der Waals surface area contributed by atoms with Gasteiger partial charge in [-0.25, -0.2) is 0 Å². The van der Waals surface area contributed by atoms with Crippen molar-refractivity contribution in [2.24, 2.45) is 0 Å². The average Bonchev–Trinajstić information content (AvgIpc) is 3.06. The predicted octanol–water partition coefficient (Wildman–Crippen LogP) is 4.06. The normalized spacial score (nSPS) is 26.0. The highest BCUT2D eigenvalue weighted by Crippen LogP contribution is 2.37. The molecule has 32 heavy (non-hydrogen) atoms. The summed E-state index contributed by atoms with van der Waals surface area (Å²) in [6.45, 7) is 2.62. The highest BCUT2D eigenvalue weighted by atomic mass is 16.5. The second-order valence-corrected chi connectivity index (χ2v) is 9.63. The maximum Gasteiger partial charge on any atom is 0.254 e. The molecule has 4 bridgehead atoms. The summed E-state index contributed by atoms with van der Waals surface area (Å²) in [5, 5.41) is 13.6. The van der Waals surface area contributed by atoms with Crippen LogP contribution in [0.4, 0.5) is 0 Å². The zero-order valence-corrected chi connectivity index (χ0v) is 18.8. The number of carbonyl (C=O) groups excluding carboxylic acids is 1. The average molecular weight is 435 g/mol. The Morgan fingerprint density at radius 1 is 1.00 bits per heavy atom. The first-order valence-corrected chi connectivity index (χ1v) is 12.2. The van der Waals surface area contributed by atoms with Crippen LogP contribution in [0.15, 0.2) is 42.5 Å². The molecule has 2 fully saturated rings. The number of ether oxygens (including phenoxy) is 1. The van der Waals surface area contributed by atoms with E-state index < -0.39 is 0 Å². The molecule has 0 saturated carbocycles. The van der Waals surface area contributed by atoms with Gasteiger partial charge in [0.15, 0.2) is 0 Å². The fraction of sp³-hybridized carbons (Fsp3) is 0.519. The van der Waals surface area contributed by atoms with E-state index in [9.17, 15) is 9.90 Å². The Balaban J connectivity index is 1.43. The van der Waals surface area contributed by atoms with Gasteiger partial charge >= 0.3 is 0 Å².